The monoisotopic (exact) mass is 325 g/mol. The Morgan fingerprint density at radius 2 is 2.09 bits per heavy atom. The number of sulfone groups is 1. The third-order valence-electron chi connectivity index (χ3n) is 3.91. The number of carbonyl (C=O) groups is 1. The topological polar surface area (TPSA) is 88.6 Å². The normalized spacial score (nSPS) is 24.2. The third kappa shape index (κ3) is 3.56. The van der Waals surface area contributed by atoms with Crippen LogP contribution in [0.1, 0.15) is 16.8 Å². The second-order valence-electron chi connectivity index (χ2n) is 5.58. The van der Waals surface area contributed by atoms with Crippen LogP contribution in [0.25, 0.3) is 0 Å². The highest BCUT2D eigenvalue weighted by atomic mass is 32.2. The number of morpholine rings is 1. The molecule has 7 nitrogen and oxygen atoms in total. The number of nitrogens with zero attached hydrogens (tertiary/aromatic N) is 2. The SMILES string of the molecule is O=C(NC1CCS(=O)(=O)C1)c1ccc(N2CCOCC2)nc1. The Morgan fingerprint density at radius 3 is 2.68 bits per heavy atom. The van der Waals surface area contributed by atoms with Crippen molar-refractivity contribution in [1.29, 1.82) is 0 Å². The van der Waals surface area contributed by atoms with Crippen LogP contribution < -0.4 is 10.2 Å². The molecule has 2 saturated heterocycles. The molecule has 2 aliphatic heterocycles. The van der Waals surface area contributed by atoms with Crippen molar-refractivity contribution in [3.63, 3.8) is 0 Å². The number of ether oxygens (including phenoxy) is 1. The van der Waals surface area contributed by atoms with Crippen LogP contribution in [-0.4, -0.2) is 63.2 Å². The predicted molar refractivity (Wildman–Crippen MR) is 81.8 cm³/mol. The van der Waals surface area contributed by atoms with Gasteiger partial charge < -0.3 is 15.0 Å². The van der Waals surface area contributed by atoms with Crippen LogP contribution in [0.5, 0.6) is 0 Å². The van der Waals surface area contributed by atoms with E-state index >= 15 is 0 Å². The quantitative estimate of drug-likeness (QED) is 0.830. The maximum atomic E-state index is 12.1. The first-order valence-electron chi connectivity index (χ1n) is 7.33. The van der Waals surface area contributed by atoms with Gasteiger partial charge in [-0.25, -0.2) is 13.4 Å². The minimum absolute atomic E-state index is 0.0258. The Kier molecular flexibility index (Phi) is 4.30. The first kappa shape index (κ1) is 15.2. The van der Waals surface area contributed by atoms with E-state index in [0.29, 0.717) is 25.2 Å². The number of aromatic nitrogens is 1. The largest absolute Gasteiger partial charge is 0.378 e. The molecule has 120 valence electrons. The molecule has 1 atom stereocenters. The molecule has 2 aliphatic rings. The van der Waals surface area contributed by atoms with E-state index in [-0.39, 0.29) is 23.5 Å². The summed E-state index contributed by atoms with van der Waals surface area (Å²) in [6.07, 6.45) is 2.01. The zero-order valence-corrected chi connectivity index (χ0v) is 13.0. The van der Waals surface area contributed by atoms with Gasteiger partial charge >= 0.3 is 0 Å². The van der Waals surface area contributed by atoms with E-state index in [1.54, 1.807) is 6.07 Å². The van der Waals surface area contributed by atoms with Crippen LogP contribution in [0, 0.1) is 0 Å². The van der Waals surface area contributed by atoms with Crippen LogP contribution in [-0.2, 0) is 14.6 Å². The van der Waals surface area contributed by atoms with Gasteiger partial charge in [-0.3, -0.25) is 4.79 Å². The molecule has 0 aromatic carbocycles. The molecule has 0 spiro atoms. The first-order chi connectivity index (χ1) is 10.5. The van der Waals surface area contributed by atoms with Gasteiger partial charge in [0.25, 0.3) is 5.91 Å². The van der Waals surface area contributed by atoms with E-state index in [4.69, 9.17) is 4.74 Å². The van der Waals surface area contributed by atoms with Crippen molar-refractivity contribution in [2.45, 2.75) is 12.5 Å². The second kappa shape index (κ2) is 6.21. The van der Waals surface area contributed by atoms with Gasteiger partial charge in [0.05, 0.1) is 30.3 Å². The van der Waals surface area contributed by atoms with Crippen molar-refractivity contribution in [1.82, 2.24) is 10.3 Å². The summed E-state index contributed by atoms with van der Waals surface area (Å²) in [6, 6.07) is 3.23. The second-order valence-corrected chi connectivity index (χ2v) is 7.81. The molecule has 1 N–H and O–H groups in total. The van der Waals surface area contributed by atoms with Crippen molar-refractivity contribution in [2.75, 3.05) is 42.7 Å². The number of hydrogen-bond donors (Lipinski definition) is 1. The molecule has 1 amide bonds. The minimum atomic E-state index is -2.99. The summed E-state index contributed by atoms with van der Waals surface area (Å²) in [5, 5.41) is 2.76. The lowest BCUT2D eigenvalue weighted by molar-refractivity contribution is 0.0940. The van der Waals surface area contributed by atoms with E-state index in [0.717, 1.165) is 18.9 Å². The molecule has 8 heteroatoms. The molecule has 1 unspecified atom stereocenters. The zero-order valence-electron chi connectivity index (χ0n) is 12.2. The number of hydrogen-bond acceptors (Lipinski definition) is 6. The van der Waals surface area contributed by atoms with E-state index in [1.807, 2.05) is 6.07 Å². The minimum Gasteiger partial charge on any atom is -0.378 e. The maximum absolute atomic E-state index is 12.1. The molecule has 0 bridgehead atoms. The fourth-order valence-corrected chi connectivity index (χ4v) is 4.35. The van der Waals surface area contributed by atoms with Gasteiger partial charge in [0, 0.05) is 25.3 Å². The fraction of sp³-hybridized carbons (Fsp3) is 0.571. The molecule has 1 aromatic rings. The fourth-order valence-electron chi connectivity index (χ4n) is 2.68. The van der Waals surface area contributed by atoms with Gasteiger partial charge in [-0.1, -0.05) is 0 Å². The highest BCUT2D eigenvalue weighted by Gasteiger charge is 2.29. The third-order valence-corrected chi connectivity index (χ3v) is 5.68. The summed E-state index contributed by atoms with van der Waals surface area (Å²) in [4.78, 5) is 18.5. The summed E-state index contributed by atoms with van der Waals surface area (Å²) in [5.41, 5.74) is 0.446. The highest BCUT2D eigenvalue weighted by Crippen LogP contribution is 2.15. The van der Waals surface area contributed by atoms with Gasteiger partial charge in [0.15, 0.2) is 9.84 Å². The zero-order chi connectivity index (χ0) is 15.6. The Balaban J connectivity index is 1.61. The molecule has 0 saturated carbocycles. The number of anilines is 1. The van der Waals surface area contributed by atoms with Gasteiger partial charge in [-0.05, 0) is 18.6 Å². The van der Waals surface area contributed by atoms with Crippen LogP contribution in [0.4, 0.5) is 5.82 Å². The molecular weight excluding hydrogens is 306 g/mol. The molecule has 22 heavy (non-hydrogen) atoms. The first-order valence-corrected chi connectivity index (χ1v) is 9.16. The van der Waals surface area contributed by atoms with Crippen LogP contribution in [0.2, 0.25) is 0 Å². The summed E-state index contributed by atoms with van der Waals surface area (Å²) < 4.78 is 28.1. The number of carbonyl (C=O) groups excluding carboxylic acids is 1. The lowest BCUT2D eigenvalue weighted by Crippen LogP contribution is -2.37. The van der Waals surface area contributed by atoms with Gasteiger partial charge in [0.2, 0.25) is 0 Å². The predicted octanol–water partition coefficient (Wildman–Crippen LogP) is -0.165. The average molecular weight is 325 g/mol. The van der Waals surface area contributed by atoms with E-state index < -0.39 is 9.84 Å². The molecule has 0 aliphatic carbocycles. The number of pyridine rings is 1. The van der Waals surface area contributed by atoms with Crippen LogP contribution in [0.15, 0.2) is 18.3 Å². The molecule has 2 fully saturated rings. The lowest BCUT2D eigenvalue weighted by atomic mass is 10.2. The van der Waals surface area contributed by atoms with E-state index in [2.05, 4.69) is 15.2 Å². The summed E-state index contributed by atoms with van der Waals surface area (Å²) >= 11 is 0. The Hall–Kier alpha value is -1.67. The summed E-state index contributed by atoms with van der Waals surface area (Å²) in [6.45, 7) is 2.94. The Labute approximate surface area is 129 Å². The number of amides is 1. The van der Waals surface area contributed by atoms with Crippen molar-refractivity contribution >= 4 is 21.6 Å². The molecular formula is C14H19N3O4S. The summed E-state index contributed by atoms with van der Waals surface area (Å²) in [7, 11) is -2.99. The Bertz CT molecular complexity index is 639. The van der Waals surface area contributed by atoms with Gasteiger partial charge in [0.1, 0.15) is 5.82 Å². The smallest absolute Gasteiger partial charge is 0.253 e. The molecule has 1 aromatic heterocycles. The van der Waals surface area contributed by atoms with Gasteiger partial charge in [-0.15, -0.1) is 0 Å². The van der Waals surface area contributed by atoms with Crippen molar-refractivity contribution < 1.29 is 17.9 Å². The van der Waals surface area contributed by atoms with Crippen LogP contribution in [0.3, 0.4) is 0 Å². The molecule has 3 heterocycles. The van der Waals surface area contributed by atoms with Gasteiger partial charge in [-0.2, -0.15) is 0 Å². The molecule has 0 radical (unpaired) electrons. The average Bonchev–Trinajstić information content (AvgIpc) is 2.87. The maximum Gasteiger partial charge on any atom is 0.253 e. The number of nitrogens with one attached hydrogen (secondary N) is 1. The summed E-state index contributed by atoms with van der Waals surface area (Å²) in [5.74, 6) is 0.718. The van der Waals surface area contributed by atoms with Crippen LogP contribution >= 0.6 is 0 Å². The lowest BCUT2D eigenvalue weighted by Gasteiger charge is -2.27. The number of rotatable bonds is 3. The van der Waals surface area contributed by atoms with Crippen molar-refractivity contribution in [3.05, 3.63) is 23.9 Å². The van der Waals surface area contributed by atoms with E-state index in [9.17, 15) is 13.2 Å². The standard InChI is InChI=1S/C14H19N3O4S/c18-14(16-12-3-8-22(19,20)10-12)11-1-2-13(15-9-11)17-4-6-21-7-5-17/h1-2,9,12H,3-8,10H2,(H,16,18). The highest BCUT2D eigenvalue weighted by molar-refractivity contribution is 7.91. The van der Waals surface area contributed by atoms with Crippen molar-refractivity contribution in [3.8, 4) is 0 Å². The van der Waals surface area contributed by atoms with Crippen molar-refractivity contribution in [2.24, 2.45) is 0 Å². The molecule has 3 rings (SSSR count). The van der Waals surface area contributed by atoms with E-state index in [1.165, 1.54) is 6.20 Å². The Morgan fingerprint density at radius 1 is 1.32 bits per heavy atom.